The summed E-state index contributed by atoms with van der Waals surface area (Å²) < 4.78 is 38.0. The fraction of sp³-hybridized carbons (Fsp3) is 0.364. The van der Waals surface area contributed by atoms with Gasteiger partial charge >= 0.3 is 6.18 Å². The average molecular weight is 229 g/mol. The van der Waals surface area contributed by atoms with Crippen LogP contribution in [0.1, 0.15) is 30.5 Å². The molecule has 0 aromatic carbocycles. The third kappa shape index (κ3) is 1.47. The van der Waals surface area contributed by atoms with Crippen LogP contribution in [0.25, 0.3) is 6.08 Å². The quantitative estimate of drug-likeness (QED) is 0.728. The van der Waals surface area contributed by atoms with Crippen LogP contribution in [-0.4, -0.2) is 4.98 Å². The summed E-state index contributed by atoms with van der Waals surface area (Å²) in [6.45, 7) is 3.43. The molecule has 0 spiro atoms. The highest BCUT2D eigenvalue weighted by atomic mass is 19.4. The molecule has 1 heterocycles. The Morgan fingerprint density at radius 1 is 1.31 bits per heavy atom. The lowest BCUT2D eigenvalue weighted by atomic mass is 9.87. The van der Waals surface area contributed by atoms with E-state index in [1.54, 1.807) is 19.9 Å². The van der Waals surface area contributed by atoms with E-state index in [0.717, 1.165) is 6.20 Å². The second-order valence-corrected chi connectivity index (χ2v) is 4.37. The molecule has 0 fully saturated rings. The van der Waals surface area contributed by atoms with E-state index in [0.29, 0.717) is 0 Å². The fourth-order valence-electron chi connectivity index (χ4n) is 1.97. The standard InChI is InChI=1S/C11H10F3NO/c1-10(2)4-3-6-7(11(12,13)14)5-15-9(16)8(6)10/h3-5H,1-2H3,(H,15,16). The number of hydrogen-bond donors (Lipinski definition) is 1. The molecule has 0 saturated heterocycles. The first-order valence-electron chi connectivity index (χ1n) is 4.76. The second-order valence-electron chi connectivity index (χ2n) is 4.37. The Bertz CT molecular complexity index is 523. The number of fused-ring (bicyclic) bond motifs is 1. The highest BCUT2D eigenvalue weighted by molar-refractivity contribution is 5.67. The van der Waals surface area contributed by atoms with Crippen LogP contribution in [0.2, 0.25) is 0 Å². The third-order valence-electron chi connectivity index (χ3n) is 2.75. The molecule has 0 unspecified atom stereocenters. The molecule has 1 aliphatic rings. The van der Waals surface area contributed by atoms with Crippen molar-refractivity contribution in [1.82, 2.24) is 4.98 Å². The van der Waals surface area contributed by atoms with Crippen LogP contribution in [0.3, 0.4) is 0 Å². The van der Waals surface area contributed by atoms with Gasteiger partial charge in [-0.15, -0.1) is 0 Å². The molecular weight excluding hydrogens is 219 g/mol. The van der Waals surface area contributed by atoms with Crippen LogP contribution in [0.4, 0.5) is 13.2 Å². The number of halogens is 3. The number of rotatable bonds is 0. The van der Waals surface area contributed by atoms with Crippen molar-refractivity contribution in [2.24, 2.45) is 0 Å². The number of allylic oxidation sites excluding steroid dienone is 1. The largest absolute Gasteiger partial charge is 0.418 e. The van der Waals surface area contributed by atoms with Crippen LogP contribution in [0.15, 0.2) is 17.1 Å². The first kappa shape index (κ1) is 11.0. The first-order chi connectivity index (χ1) is 7.23. The van der Waals surface area contributed by atoms with Gasteiger partial charge in [0.25, 0.3) is 5.56 Å². The maximum atomic E-state index is 12.7. The topological polar surface area (TPSA) is 32.9 Å². The Kier molecular flexibility index (Phi) is 2.05. The van der Waals surface area contributed by atoms with Crippen LogP contribution in [0.5, 0.6) is 0 Å². The predicted octanol–water partition coefficient (Wildman–Crippen LogP) is 2.70. The zero-order valence-corrected chi connectivity index (χ0v) is 8.77. The van der Waals surface area contributed by atoms with Gasteiger partial charge in [-0.1, -0.05) is 26.0 Å². The summed E-state index contributed by atoms with van der Waals surface area (Å²) in [6, 6.07) is 0. The number of nitrogens with one attached hydrogen (secondary N) is 1. The molecule has 16 heavy (non-hydrogen) atoms. The first-order valence-corrected chi connectivity index (χ1v) is 4.76. The predicted molar refractivity (Wildman–Crippen MR) is 54.1 cm³/mol. The Hall–Kier alpha value is -1.52. The monoisotopic (exact) mass is 229 g/mol. The van der Waals surface area contributed by atoms with Crippen LogP contribution in [0, 0.1) is 0 Å². The smallest absolute Gasteiger partial charge is 0.328 e. The highest BCUT2D eigenvalue weighted by Gasteiger charge is 2.39. The minimum absolute atomic E-state index is 0.0127. The Labute approximate surface area is 89.8 Å². The second kappa shape index (κ2) is 2.99. The number of aromatic nitrogens is 1. The van der Waals surface area contributed by atoms with Crippen LogP contribution in [-0.2, 0) is 11.6 Å². The van der Waals surface area contributed by atoms with E-state index in [2.05, 4.69) is 4.98 Å². The van der Waals surface area contributed by atoms with Crippen molar-refractivity contribution < 1.29 is 13.2 Å². The number of pyridine rings is 1. The number of aromatic amines is 1. The summed E-state index contributed by atoms with van der Waals surface area (Å²) in [7, 11) is 0. The van der Waals surface area contributed by atoms with E-state index >= 15 is 0 Å². The van der Waals surface area contributed by atoms with E-state index in [1.807, 2.05) is 0 Å². The van der Waals surface area contributed by atoms with Gasteiger partial charge in [-0.2, -0.15) is 13.2 Å². The zero-order valence-electron chi connectivity index (χ0n) is 8.77. The van der Waals surface area contributed by atoms with Crippen molar-refractivity contribution in [3.63, 3.8) is 0 Å². The van der Waals surface area contributed by atoms with Crippen molar-refractivity contribution in [3.05, 3.63) is 39.3 Å². The lowest BCUT2D eigenvalue weighted by Gasteiger charge is -2.18. The molecule has 86 valence electrons. The van der Waals surface area contributed by atoms with Crippen molar-refractivity contribution in [2.45, 2.75) is 25.4 Å². The van der Waals surface area contributed by atoms with Crippen LogP contribution >= 0.6 is 0 Å². The summed E-state index contributed by atoms with van der Waals surface area (Å²) in [5.41, 5.74) is -1.73. The minimum atomic E-state index is -4.45. The van der Waals surface area contributed by atoms with Gasteiger partial charge in [-0.05, 0) is 5.56 Å². The molecule has 0 radical (unpaired) electrons. The van der Waals surface area contributed by atoms with Gasteiger partial charge in [-0.25, -0.2) is 0 Å². The van der Waals surface area contributed by atoms with E-state index < -0.39 is 22.7 Å². The van der Waals surface area contributed by atoms with E-state index in [1.165, 1.54) is 6.08 Å². The maximum Gasteiger partial charge on any atom is 0.418 e. The molecule has 0 amide bonds. The normalized spacial score (nSPS) is 17.6. The van der Waals surface area contributed by atoms with Crippen molar-refractivity contribution in [3.8, 4) is 0 Å². The summed E-state index contributed by atoms with van der Waals surface area (Å²) in [5.74, 6) is 0. The summed E-state index contributed by atoms with van der Waals surface area (Å²) in [4.78, 5) is 13.7. The molecule has 0 saturated carbocycles. The van der Waals surface area contributed by atoms with Gasteiger partial charge in [0.05, 0.1) is 5.56 Å². The molecule has 1 aromatic heterocycles. The number of hydrogen-bond acceptors (Lipinski definition) is 1. The molecule has 1 aromatic rings. The lowest BCUT2D eigenvalue weighted by molar-refractivity contribution is -0.138. The molecule has 2 nitrogen and oxygen atoms in total. The van der Waals surface area contributed by atoms with Gasteiger partial charge < -0.3 is 4.98 Å². The highest BCUT2D eigenvalue weighted by Crippen LogP contribution is 2.39. The molecule has 1 N–H and O–H groups in total. The number of alkyl halides is 3. The summed E-state index contributed by atoms with van der Waals surface area (Å²) >= 11 is 0. The maximum absolute atomic E-state index is 12.7. The van der Waals surface area contributed by atoms with Crippen molar-refractivity contribution in [1.29, 1.82) is 0 Å². The van der Waals surface area contributed by atoms with Crippen LogP contribution < -0.4 is 5.56 Å². The Balaban J connectivity index is 2.78. The molecule has 2 rings (SSSR count). The molecule has 0 aliphatic heterocycles. The average Bonchev–Trinajstić information content (AvgIpc) is 2.41. The Morgan fingerprint density at radius 3 is 2.50 bits per heavy atom. The van der Waals surface area contributed by atoms with Gasteiger partial charge in [0.15, 0.2) is 0 Å². The SMILES string of the molecule is CC1(C)C=Cc2c(C(F)(F)F)c[nH]c(=O)c21. The minimum Gasteiger partial charge on any atom is -0.328 e. The summed E-state index contributed by atoms with van der Waals surface area (Å²) in [6.07, 6.45) is -0.735. The number of H-pyrrole nitrogens is 1. The molecule has 0 bridgehead atoms. The molecule has 1 aliphatic carbocycles. The molecule has 0 atom stereocenters. The van der Waals surface area contributed by atoms with Crippen molar-refractivity contribution in [2.75, 3.05) is 0 Å². The van der Waals surface area contributed by atoms with Gasteiger partial charge in [-0.3, -0.25) is 4.79 Å². The lowest BCUT2D eigenvalue weighted by Crippen LogP contribution is -2.26. The third-order valence-corrected chi connectivity index (χ3v) is 2.75. The molecule has 5 heteroatoms. The van der Waals surface area contributed by atoms with Gasteiger partial charge in [0.2, 0.25) is 0 Å². The van der Waals surface area contributed by atoms with Gasteiger partial charge in [0.1, 0.15) is 0 Å². The van der Waals surface area contributed by atoms with E-state index in [-0.39, 0.29) is 11.1 Å². The van der Waals surface area contributed by atoms with Crippen molar-refractivity contribution >= 4 is 6.08 Å². The zero-order chi connectivity index (χ0) is 12.1. The molecular formula is C11H10F3NO. The van der Waals surface area contributed by atoms with E-state index in [9.17, 15) is 18.0 Å². The van der Waals surface area contributed by atoms with Gasteiger partial charge in [0, 0.05) is 17.2 Å². The fourth-order valence-corrected chi connectivity index (χ4v) is 1.97. The Morgan fingerprint density at radius 2 is 1.94 bits per heavy atom. The summed E-state index contributed by atoms with van der Waals surface area (Å²) in [5, 5.41) is 0. The van der Waals surface area contributed by atoms with E-state index in [4.69, 9.17) is 0 Å².